The Labute approximate surface area is 181 Å². The van der Waals surface area contributed by atoms with Crippen LogP contribution in [0.15, 0.2) is 53.7 Å². The molecule has 2 aromatic heterocycles. The number of rotatable bonds is 4. The van der Waals surface area contributed by atoms with Gasteiger partial charge in [0.25, 0.3) is 0 Å². The van der Waals surface area contributed by atoms with Crippen molar-refractivity contribution in [2.24, 2.45) is 0 Å². The number of halogens is 1. The minimum atomic E-state index is 0.136. The minimum absolute atomic E-state index is 0.136. The highest BCUT2D eigenvalue weighted by Gasteiger charge is 2.22. The van der Waals surface area contributed by atoms with Gasteiger partial charge < -0.3 is 9.80 Å². The third-order valence-corrected chi connectivity index (χ3v) is 7.20. The predicted octanol–water partition coefficient (Wildman–Crippen LogP) is 4.04. The van der Waals surface area contributed by atoms with E-state index in [2.05, 4.69) is 33.3 Å². The standard InChI is InChI=1S/C20H18ClN5OS2/c21-14-4-3-5-15(12-14)24-8-10-25(11-9-24)18(27)13-28-19-22-23-20-26(19)16-6-1-2-7-17(16)29-20/h1-7,12H,8-11,13H2. The summed E-state index contributed by atoms with van der Waals surface area (Å²) in [7, 11) is 0. The van der Waals surface area contributed by atoms with Crippen molar-refractivity contribution in [2.75, 3.05) is 36.8 Å². The fourth-order valence-electron chi connectivity index (χ4n) is 3.55. The van der Waals surface area contributed by atoms with Gasteiger partial charge in [0.1, 0.15) is 0 Å². The second-order valence-electron chi connectivity index (χ2n) is 6.81. The molecule has 0 bridgehead atoms. The zero-order valence-electron chi connectivity index (χ0n) is 15.5. The smallest absolute Gasteiger partial charge is 0.233 e. The lowest BCUT2D eigenvalue weighted by Gasteiger charge is -2.36. The topological polar surface area (TPSA) is 53.7 Å². The SMILES string of the molecule is O=C(CSc1nnc2sc3ccccc3n12)N1CCN(c2cccc(Cl)c2)CC1. The van der Waals surface area contributed by atoms with Gasteiger partial charge in [-0.3, -0.25) is 9.20 Å². The van der Waals surface area contributed by atoms with Crippen LogP contribution in [-0.2, 0) is 4.79 Å². The number of nitrogens with zero attached hydrogens (tertiary/aromatic N) is 5. The van der Waals surface area contributed by atoms with Gasteiger partial charge in [0.2, 0.25) is 10.9 Å². The summed E-state index contributed by atoms with van der Waals surface area (Å²) in [4.78, 5) is 17.8. The summed E-state index contributed by atoms with van der Waals surface area (Å²) in [5, 5.41) is 10.0. The highest BCUT2D eigenvalue weighted by Crippen LogP contribution is 2.29. The molecule has 3 heterocycles. The van der Waals surface area contributed by atoms with Gasteiger partial charge in [0.05, 0.1) is 16.0 Å². The van der Waals surface area contributed by atoms with Crippen LogP contribution in [-0.4, -0.2) is 57.3 Å². The summed E-state index contributed by atoms with van der Waals surface area (Å²) < 4.78 is 3.21. The number of fused-ring (bicyclic) bond motifs is 3. The number of hydrogen-bond acceptors (Lipinski definition) is 6. The van der Waals surface area contributed by atoms with Crippen molar-refractivity contribution in [3.8, 4) is 0 Å². The normalized spacial score (nSPS) is 14.8. The van der Waals surface area contributed by atoms with Gasteiger partial charge in [-0.15, -0.1) is 10.2 Å². The fourth-order valence-corrected chi connectivity index (χ4v) is 5.61. The maximum absolute atomic E-state index is 12.7. The summed E-state index contributed by atoms with van der Waals surface area (Å²) in [6, 6.07) is 16.0. The highest BCUT2D eigenvalue weighted by molar-refractivity contribution is 7.99. The van der Waals surface area contributed by atoms with Gasteiger partial charge >= 0.3 is 0 Å². The van der Waals surface area contributed by atoms with Crippen LogP contribution in [0.3, 0.4) is 0 Å². The average molecular weight is 444 g/mol. The first kappa shape index (κ1) is 18.7. The maximum Gasteiger partial charge on any atom is 0.233 e. The van der Waals surface area contributed by atoms with Crippen LogP contribution in [0.25, 0.3) is 15.2 Å². The first-order chi connectivity index (χ1) is 14.2. The van der Waals surface area contributed by atoms with E-state index in [9.17, 15) is 4.79 Å². The molecule has 1 aliphatic rings. The number of hydrogen-bond donors (Lipinski definition) is 0. The molecule has 0 saturated carbocycles. The number of anilines is 1. The van der Waals surface area contributed by atoms with Gasteiger partial charge in [-0.25, -0.2) is 0 Å². The molecule has 1 saturated heterocycles. The quantitative estimate of drug-likeness (QED) is 0.445. The lowest BCUT2D eigenvalue weighted by molar-refractivity contribution is -0.128. The molecule has 29 heavy (non-hydrogen) atoms. The van der Waals surface area contributed by atoms with Crippen LogP contribution in [0.4, 0.5) is 5.69 Å². The number of thiazole rings is 1. The van der Waals surface area contributed by atoms with Crippen molar-refractivity contribution in [2.45, 2.75) is 5.16 Å². The van der Waals surface area contributed by atoms with E-state index >= 15 is 0 Å². The average Bonchev–Trinajstić information content (AvgIpc) is 3.31. The highest BCUT2D eigenvalue weighted by atomic mass is 35.5. The van der Waals surface area contributed by atoms with Crippen molar-refractivity contribution in [3.05, 3.63) is 53.6 Å². The van der Waals surface area contributed by atoms with E-state index in [-0.39, 0.29) is 5.91 Å². The molecule has 0 radical (unpaired) electrons. The van der Waals surface area contributed by atoms with Crippen LogP contribution in [0.2, 0.25) is 5.02 Å². The van der Waals surface area contributed by atoms with E-state index in [0.717, 1.165) is 39.4 Å². The molecule has 0 spiro atoms. The Balaban J connectivity index is 1.22. The molecule has 148 valence electrons. The van der Waals surface area contributed by atoms with Gasteiger partial charge in [0.15, 0.2) is 5.16 Å². The Kier molecular flexibility index (Phi) is 5.07. The summed E-state index contributed by atoms with van der Waals surface area (Å²) in [6.07, 6.45) is 0. The van der Waals surface area contributed by atoms with E-state index in [4.69, 9.17) is 11.6 Å². The predicted molar refractivity (Wildman–Crippen MR) is 119 cm³/mol. The van der Waals surface area contributed by atoms with E-state index in [1.54, 1.807) is 11.3 Å². The number of aromatic nitrogens is 3. The Morgan fingerprint density at radius 2 is 1.90 bits per heavy atom. The van der Waals surface area contributed by atoms with E-state index in [1.165, 1.54) is 16.5 Å². The number of piperazine rings is 1. The molecular formula is C20H18ClN5OS2. The number of benzene rings is 2. The van der Waals surface area contributed by atoms with Crippen LogP contribution in [0.5, 0.6) is 0 Å². The van der Waals surface area contributed by atoms with Crippen molar-refractivity contribution >= 4 is 61.5 Å². The zero-order valence-corrected chi connectivity index (χ0v) is 17.9. The summed E-state index contributed by atoms with van der Waals surface area (Å²) in [5.41, 5.74) is 2.19. The number of carbonyl (C=O) groups excluding carboxylic acids is 1. The molecule has 0 unspecified atom stereocenters. The molecular weight excluding hydrogens is 426 g/mol. The molecule has 5 rings (SSSR count). The Bertz CT molecular complexity index is 1180. The number of amides is 1. The molecule has 0 N–H and O–H groups in total. The lowest BCUT2D eigenvalue weighted by Crippen LogP contribution is -2.49. The Morgan fingerprint density at radius 3 is 2.72 bits per heavy atom. The van der Waals surface area contributed by atoms with E-state index in [1.807, 2.05) is 39.6 Å². The van der Waals surface area contributed by atoms with Crippen LogP contribution in [0.1, 0.15) is 0 Å². The van der Waals surface area contributed by atoms with Gasteiger partial charge in [-0.05, 0) is 30.3 Å². The van der Waals surface area contributed by atoms with Crippen molar-refractivity contribution in [1.82, 2.24) is 19.5 Å². The number of carbonyl (C=O) groups is 1. The molecule has 6 nitrogen and oxygen atoms in total. The number of thioether (sulfide) groups is 1. The third kappa shape index (κ3) is 3.68. The molecule has 1 fully saturated rings. The van der Waals surface area contributed by atoms with Gasteiger partial charge in [0, 0.05) is 36.9 Å². The molecule has 4 aromatic rings. The van der Waals surface area contributed by atoms with E-state index in [0.29, 0.717) is 18.8 Å². The Hall–Kier alpha value is -2.29. The summed E-state index contributed by atoms with van der Waals surface area (Å²) in [5.74, 6) is 0.499. The van der Waals surface area contributed by atoms with E-state index < -0.39 is 0 Å². The molecule has 1 aliphatic heterocycles. The maximum atomic E-state index is 12.7. The van der Waals surface area contributed by atoms with Gasteiger partial charge in [-0.1, -0.05) is 52.9 Å². The molecule has 1 amide bonds. The van der Waals surface area contributed by atoms with Gasteiger partial charge in [-0.2, -0.15) is 0 Å². The Morgan fingerprint density at radius 1 is 1.07 bits per heavy atom. The molecule has 2 aromatic carbocycles. The lowest BCUT2D eigenvalue weighted by atomic mass is 10.2. The first-order valence-electron chi connectivity index (χ1n) is 9.33. The van der Waals surface area contributed by atoms with Crippen LogP contribution < -0.4 is 4.90 Å². The second-order valence-corrected chi connectivity index (χ2v) is 9.19. The molecule has 9 heteroatoms. The second kappa shape index (κ2) is 7.85. The minimum Gasteiger partial charge on any atom is -0.368 e. The first-order valence-corrected chi connectivity index (χ1v) is 11.5. The van der Waals surface area contributed by atoms with Crippen molar-refractivity contribution in [3.63, 3.8) is 0 Å². The third-order valence-electron chi connectivity index (χ3n) is 5.04. The molecule has 0 atom stereocenters. The zero-order chi connectivity index (χ0) is 19.8. The fraction of sp³-hybridized carbons (Fsp3) is 0.250. The summed E-state index contributed by atoms with van der Waals surface area (Å²) in [6.45, 7) is 3.03. The molecule has 0 aliphatic carbocycles. The summed E-state index contributed by atoms with van der Waals surface area (Å²) >= 11 is 9.16. The van der Waals surface area contributed by atoms with Crippen LogP contribution >= 0.6 is 34.7 Å². The van der Waals surface area contributed by atoms with Crippen molar-refractivity contribution in [1.29, 1.82) is 0 Å². The van der Waals surface area contributed by atoms with Crippen molar-refractivity contribution < 1.29 is 4.79 Å². The largest absolute Gasteiger partial charge is 0.368 e. The monoisotopic (exact) mass is 443 g/mol. The number of para-hydroxylation sites is 1. The van der Waals surface area contributed by atoms with Crippen LogP contribution in [0, 0.1) is 0 Å².